The number of nitrogens with one attached hydrogen (secondary N) is 1. The van der Waals surface area contributed by atoms with E-state index in [1.807, 2.05) is 11.4 Å². The minimum Gasteiger partial charge on any atom is -0.308 e. The van der Waals surface area contributed by atoms with Gasteiger partial charge in [0.1, 0.15) is 5.02 Å². The van der Waals surface area contributed by atoms with Crippen molar-refractivity contribution in [3.05, 3.63) is 59.7 Å². The average molecular weight is 362 g/mol. The third-order valence-electron chi connectivity index (χ3n) is 2.46. The molecule has 0 aliphatic carbocycles. The molecule has 2 aromatic rings. The summed E-state index contributed by atoms with van der Waals surface area (Å²) in [7, 11) is 0. The molecule has 0 saturated heterocycles. The summed E-state index contributed by atoms with van der Waals surface area (Å²) in [6.45, 7) is 1.29. The number of thiophene rings is 1. The molecule has 0 amide bonds. The lowest BCUT2D eigenvalue weighted by molar-refractivity contribution is -0.384. The van der Waals surface area contributed by atoms with Gasteiger partial charge in [0, 0.05) is 33.9 Å². The van der Waals surface area contributed by atoms with Gasteiger partial charge < -0.3 is 5.32 Å². The molecule has 1 heterocycles. The maximum atomic E-state index is 10.8. The van der Waals surface area contributed by atoms with Gasteiger partial charge >= 0.3 is 0 Å². The van der Waals surface area contributed by atoms with Crippen LogP contribution in [0.4, 0.5) is 5.69 Å². The van der Waals surface area contributed by atoms with E-state index in [1.54, 1.807) is 23.5 Å². The van der Waals surface area contributed by atoms with E-state index in [-0.39, 0.29) is 10.7 Å². The molecule has 0 saturated carbocycles. The quantitative estimate of drug-likeness (QED) is 0.636. The van der Waals surface area contributed by atoms with Crippen molar-refractivity contribution in [3.8, 4) is 0 Å². The summed E-state index contributed by atoms with van der Waals surface area (Å²) >= 11 is 10.8. The Bertz CT molecular complexity index is 603. The second-order valence-corrected chi connectivity index (χ2v) is 6.20. The number of nitro benzene ring substituents is 1. The maximum Gasteiger partial charge on any atom is 0.288 e. The van der Waals surface area contributed by atoms with Gasteiger partial charge in [-0.2, -0.15) is 0 Å². The zero-order chi connectivity index (χ0) is 13.8. The average Bonchev–Trinajstić information content (AvgIpc) is 2.77. The summed E-state index contributed by atoms with van der Waals surface area (Å²) in [5.41, 5.74) is 0.784. The number of halogens is 2. The highest BCUT2D eigenvalue weighted by atomic mass is 79.9. The van der Waals surface area contributed by atoms with Gasteiger partial charge in [-0.1, -0.05) is 17.7 Å². The number of nitrogens with zero attached hydrogens (tertiary/aromatic N) is 1. The molecule has 2 rings (SSSR count). The van der Waals surface area contributed by atoms with E-state index >= 15 is 0 Å². The SMILES string of the molecule is O=[N+]([O-])c1cc(CNCc2cc(Br)cs2)ccc1Cl. The van der Waals surface area contributed by atoms with Crippen LogP contribution < -0.4 is 5.32 Å². The van der Waals surface area contributed by atoms with E-state index in [0.29, 0.717) is 6.54 Å². The Hall–Kier alpha value is -0.950. The van der Waals surface area contributed by atoms with Crippen molar-refractivity contribution >= 4 is 44.6 Å². The van der Waals surface area contributed by atoms with Crippen LogP contribution in [0.15, 0.2) is 34.1 Å². The van der Waals surface area contributed by atoms with Crippen LogP contribution in [0.3, 0.4) is 0 Å². The summed E-state index contributed by atoms with van der Waals surface area (Å²) in [5.74, 6) is 0. The molecule has 4 nitrogen and oxygen atoms in total. The van der Waals surface area contributed by atoms with E-state index < -0.39 is 4.92 Å². The zero-order valence-electron chi connectivity index (χ0n) is 9.73. The molecule has 100 valence electrons. The molecule has 0 aliphatic heterocycles. The van der Waals surface area contributed by atoms with Gasteiger partial charge in [0.2, 0.25) is 0 Å². The first-order valence-corrected chi connectivity index (χ1v) is 7.48. The largest absolute Gasteiger partial charge is 0.308 e. The first-order valence-electron chi connectivity index (χ1n) is 5.42. The number of benzene rings is 1. The molecule has 0 unspecified atom stereocenters. The first kappa shape index (κ1) is 14.5. The minimum absolute atomic E-state index is 0.0557. The van der Waals surface area contributed by atoms with Crippen molar-refractivity contribution in [2.24, 2.45) is 0 Å². The molecule has 19 heavy (non-hydrogen) atoms. The summed E-state index contributed by atoms with van der Waals surface area (Å²) in [6.07, 6.45) is 0. The predicted octanol–water partition coefficient (Wildman–Crippen LogP) is 4.36. The van der Waals surface area contributed by atoms with Gasteiger partial charge in [0.15, 0.2) is 0 Å². The predicted molar refractivity (Wildman–Crippen MR) is 80.7 cm³/mol. The van der Waals surface area contributed by atoms with Crippen LogP contribution in [0.25, 0.3) is 0 Å². The Kier molecular flexibility index (Phi) is 4.93. The monoisotopic (exact) mass is 360 g/mol. The fraction of sp³-hybridized carbons (Fsp3) is 0.167. The van der Waals surface area contributed by atoms with Crippen LogP contribution in [-0.2, 0) is 13.1 Å². The molecule has 0 fully saturated rings. The van der Waals surface area contributed by atoms with Gasteiger partial charge in [-0.3, -0.25) is 10.1 Å². The van der Waals surface area contributed by atoms with E-state index in [9.17, 15) is 10.1 Å². The molecular formula is C12H10BrClN2O2S. The lowest BCUT2D eigenvalue weighted by Crippen LogP contribution is -2.11. The number of rotatable bonds is 5. The van der Waals surface area contributed by atoms with E-state index in [2.05, 4.69) is 21.2 Å². The molecule has 1 aromatic carbocycles. The Morgan fingerprint density at radius 1 is 1.37 bits per heavy atom. The highest BCUT2D eigenvalue weighted by Gasteiger charge is 2.12. The highest BCUT2D eigenvalue weighted by Crippen LogP contribution is 2.25. The van der Waals surface area contributed by atoms with E-state index in [4.69, 9.17) is 11.6 Å². The van der Waals surface area contributed by atoms with Crippen molar-refractivity contribution in [1.29, 1.82) is 0 Å². The van der Waals surface area contributed by atoms with Crippen LogP contribution >= 0.6 is 38.9 Å². The van der Waals surface area contributed by atoms with Crippen molar-refractivity contribution in [2.45, 2.75) is 13.1 Å². The number of hydrogen-bond acceptors (Lipinski definition) is 4. The molecule has 0 spiro atoms. The molecule has 1 N–H and O–H groups in total. The summed E-state index contributed by atoms with van der Waals surface area (Å²) in [4.78, 5) is 11.5. The fourth-order valence-corrected chi connectivity index (χ4v) is 3.19. The van der Waals surface area contributed by atoms with Crippen molar-refractivity contribution in [3.63, 3.8) is 0 Å². The standard InChI is InChI=1S/C12H10BrClN2O2S/c13-9-4-10(19-7-9)6-15-5-8-1-2-11(14)12(3-8)16(17)18/h1-4,7,15H,5-6H2. The lowest BCUT2D eigenvalue weighted by Gasteiger charge is -2.04. The Labute approximate surface area is 127 Å². The Morgan fingerprint density at radius 2 is 2.16 bits per heavy atom. The van der Waals surface area contributed by atoms with Crippen LogP contribution in [0.5, 0.6) is 0 Å². The number of hydrogen-bond donors (Lipinski definition) is 1. The van der Waals surface area contributed by atoms with Crippen molar-refractivity contribution in [2.75, 3.05) is 0 Å². The lowest BCUT2D eigenvalue weighted by atomic mass is 10.2. The Balaban J connectivity index is 1.96. The van der Waals surface area contributed by atoms with E-state index in [0.717, 1.165) is 16.6 Å². The van der Waals surface area contributed by atoms with Gasteiger partial charge in [0.25, 0.3) is 5.69 Å². The smallest absolute Gasteiger partial charge is 0.288 e. The fourth-order valence-electron chi connectivity index (χ4n) is 1.58. The molecule has 0 atom stereocenters. The summed E-state index contributed by atoms with van der Waals surface area (Å²) < 4.78 is 1.07. The van der Waals surface area contributed by atoms with Crippen molar-refractivity contribution in [1.82, 2.24) is 5.32 Å². The summed E-state index contributed by atoms with van der Waals surface area (Å²) in [5, 5.41) is 16.2. The minimum atomic E-state index is -0.470. The third-order valence-corrected chi connectivity index (χ3v) is 4.47. The summed E-state index contributed by atoms with van der Waals surface area (Å²) in [6, 6.07) is 6.88. The van der Waals surface area contributed by atoms with Gasteiger partial charge in [0.05, 0.1) is 4.92 Å². The molecule has 0 radical (unpaired) electrons. The zero-order valence-corrected chi connectivity index (χ0v) is 12.9. The molecule has 1 aromatic heterocycles. The molecule has 0 bridgehead atoms. The Morgan fingerprint density at radius 3 is 2.79 bits per heavy atom. The normalized spacial score (nSPS) is 10.6. The molecule has 7 heteroatoms. The highest BCUT2D eigenvalue weighted by molar-refractivity contribution is 9.10. The molecular weight excluding hydrogens is 352 g/mol. The maximum absolute atomic E-state index is 10.8. The third kappa shape index (κ3) is 4.01. The molecule has 0 aliphatic rings. The topological polar surface area (TPSA) is 55.2 Å². The van der Waals surface area contributed by atoms with Crippen molar-refractivity contribution < 1.29 is 4.92 Å². The van der Waals surface area contributed by atoms with E-state index in [1.165, 1.54) is 10.9 Å². The van der Waals surface area contributed by atoms with Gasteiger partial charge in [-0.05, 0) is 33.6 Å². The second kappa shape index (κ2) is 6.47. The van der Waals surface area contributed by atoms with Gasteiger partial charge in [-0.25, -0.2) is 0 Å². The number of nitro groups is 1. The second-order valence-electron chi connectivity index (χ2n) is 3.88. The first-order chi connectivity index (χ1) is 9.06. The van der Waals surface area contributed by atoms with Crippen LogP contribution in [-0.4, -0.2) is 4.92 Å². The van der Waals surface area contributed by atoms with Crippen LogP contribution in [0.1, 0.15) is 10.4 Å². The van der Waals surface area contributed by atoms with Crippen LogP contribution in [0, 0.1) is 10.1 Å². The van der Waals surface area contributed by atoms with Crippen LogP contribution in [0.2, 0.25) is 5.02 Å². The van der Waals surface area contributed by atoms with Gasteiger partial charge in [-0.15, -0.1) is 11.3 Å².